The molecule has 1 atom stereocenters. The van der Waals surface area contributed by atoms with E-state index in [2.05, 4.69) is 10.0 Å². The zero-order valence-corrected chi connectivity index (χ0v) is 19.3. The Labute approximate surface area is 199 Å². The van der Waals surface area contributed by atoms with Crippen LogP contribution in [0.4, 0.5) is 18.9 Å². The molecule has 0 aliphatic rings. The van der Waals surface area contributed by atoms with Gasteiger partial charge in [0.1, 0.15) is 11.8 Å². The molecule has 0 saturated carbocycles. The van der Waals surface area contributed by atoms with Gasteiger partial charge in [-0.1, -0.05) is 48.0 Å². The van der Waals surface area contributed by atoms with E-state index >= 15 is 0 Å². The van der Waals surface area contributed by atoms with Crippen LogP contribution in [0.2, 0.25) is 5.02 Å². The average Bonchev–Trinajstić information content (AvgIpc) is 2.78. The summed E-state index contributed by atoms with van der Waals surface area (Å²) >= 11 is 6.03. The Kier molecular flexibility index (Phi) is 7.86. The maximum Gasteiger partial charge on any atom is 0.416 e. The third-order valence-electron chi connectivity index (χ3n) is 4.79. The van der Waals surface area contributed by atoms with Gasteiger partial charge in [-0.25, -0.2) is 8.42 Å². The van der Waals surface area contributed by atoms with E-state index < -0.39 is 33.7 Å². The fourth-order valence-electron chi connectivity index (χ4n) is 3.11. The number of hydrogen-bond acceptors (Lipinski definition) is 4. The Balaban J connectivity index is 1.89. The van der Waals surface area contributed by atoms with Crippen molar-refractivity contribution in [3.05, 3.63) is 88.9 Å². The number of amides is 1. The van der Waals surface area contributed by atoms with Crippen LogP contribution in [0.15, 0.2) is 77.7 Å². The number of rotatable bonds is 8. The molecular weight excluding hydrogens is 493 g/mol. The van der Waals surface area contributed by atoms with Gasteiger partial charge in [0, 0.05) is 5.69 Å². The van der Waals surface area contributed by atoms with Crippen LogP contribution in [0.25, 0.3) is 0 Å². The highest BCUT2D eigenvalue weighted by atomic mass is 35.5. The van der Waals surface area contributed by atoms with E-state index in [4.69, 9.17) is 16.3 Å². The summed E-state index contributed by atoms with van der Waals surface area (Å²) in [5.41, 5.74) is -0.426. The van der Waals surface area contributed by atoms with Crippen molar-refractivity contribution in [1.29, 1.82) is 0 Å². The quantitative estimate of drug-likeness (QED) is 0.450. The van der Waals surface area contributed by atoms with Crippen LogP contribution in [0, 0.1) is 0 Å². The first-order valence-electron chi connectivity index (χ1n) is 9.87. The topological polar surface area (TPSA) is 84.5 Å². The lowest BCUT2D eigenvalue weighted by Gasteiger charge is -2.19. The highest BCUT2D eigenvalue weighted by Crippen LogP contribution is 2.31. The number of halogens is 4. The molecule has 0 spiro atoms. The molecule has 0 fully saturated rings. The summed E-state index contributed by atoms with van der Waals surface area (Å²) in [7, 11) is -2.85. The number of hydrogen-bond donors (Lipinski definition) is 2. The molecule has 0 heterocycles. The lowest BCUT2D eigenvalue weighted by Crippen LogP contribution is -2.45. The SMILES string of the molecule is COc1ccc(S(=O)(=O)N[C@H](Cc2ccccc2)C(=O)Nc2cccc(C(F)(F)F)c2)cc1Cl. The first-order chi connectivity index (χ1) is 16.0. The molecule has 0 unspecified atom stereocenters. The molecule has 0 aliphatic carbocycles. The zero-order valence-electron chi connectivity index (χ0n) is 17.8. The van der Waals surface area contributed by atoms with E-state index in [1.807, 2.05) is 0 Å². The summed E-state index contributed by atoms with van der Waals surface area (Å²) in [4.78, 5) is 12.8. The number of methoxy groups -OCH3 is 1. The number of alkyl halides is 3. The Morgan fingerprint density at radius 1 is 1.03 bits per heavy atom. The number of benzene rings is 3. The molecule has 1 amide bonds. The second kappa shape index (κ2) is 10.5. The van der Waals surface area contributed by atoms with Gasteiger partial charge >= 0.3 is 6.18 Å². The average molecular weight is 513 g/mol. The highest BCUT2D eigenvalue weighted by molar-refractivity contribution is 7.89. The molecule has 0 aliphatic heterocycles. The largest absolute Gasteiger partial charge is 0.495 e. The Hall–Kier alpha value is -3.08. The minimum atomic E-state index is -4.60. The Bertz CT molecular complexity index is 1270. The van der Waals surface area contributed by atoms with Crippen molar-refractivity contribution >= 4 is 33.2 Å². The molecule has 180 valence electrons. The molecule has 6 nitrogen and oxygen atoms in total. The smallest absolute Gasteiger partial charge is 0.416 e. The molecule has 0 radical (unpaired) electrons. The normalized spacial score (nSPS) is 12.7. The van der Waals surface area contributed by atoms with Gasteiger partial charge in [-0.2, -0.15) is 17.9 Å². The minimum absolute atomic E-state index is 0.0469. The summed E-state index contributed by atoms with van der Waals surface area (Å²) in [5.74, 6) is -0.560. The number of sulfonamides is 1. The molecule has 34 heavy (non-hydrogen) atoms. The predicted octanol–water partition coefficient (Wildman–Crippen LogP) is 4.90. The summed E-state index contributed by atoms with van der Waals surface area (Å²) in [6.07, 6.45) is -4.64. The fraction of sp³-hybridized carbons (Fsp3) is 0.174. The van der Waals surface area contributed by atoms with Gasteiger partial charge in [-0.15, -0.1) is 0 Å². The molecule has 3 aromatic rings. The Morgan fingerprint density at radius 3 is 2.35 bits per heavy atom. The summed E-state index contributed by atoms with van der Waals surface area (Å²) in [6.45, 7) is 0. The van der Waals surface area contributed by atoms with Gasteiger partial charge in [-0.05, 0) is 48.4 Å². The number of anilines is 1. The maximum absolute atomic E-state index is 13.0. The highest BCUT2D eigenvalue weighted by Gasteiger charge is 2.31. The summed E-state index contributed by atoms with van der Waals surface area (Å²) in [5, 5.41) is 2.42. The third kappa shape index (κ3) is 6.49. The molecule has 11 heteroatoms. The van der Waals surface area contributed by atoms with E-state index in [1.165, 1.54) is 31.4 Å². The Morgan fingerprint density at radius 2 is 1.74 bits per heavy atom. The molecule has 0 saturated heterocycles. The lowest BCUT2D eigenvalue weighted by atomic mass is 10.1. The van der Waals surface area contributed by atoms with E-state index in [-0.39, 0.29) is 27.8 Å². The van der Waals surface area contributed by atoms with Crippen LogP contribution in [-0.4, -0.2) is 27.5 Å². The molecular formula is C23H20ClF3N2O4S. The molecule has 3 rings (SSSR count). The fourth-order valence-corrected chi connectivity index (χ4v) is 4.65. The van der Waals surface area contributed by atoms with Crippen molar-refractivity contribution in [1.82, 2.24) is 4.72 Å². The van der Waals surface area contributed by atoms with Gasteiger partial charge in [0.25, 0.3) is 0 Å². The first kappa shape index (κ1) is 25.5. The third-order valence-corrected chi connectivity index (χ3v) is 6.55. The second-order valence-corrected chi connectivity index (χ2v) is 9.35. The predicted molar refractivity (Wildman–Crippen MR) is 122 cm³/mol. The van der Waals surface area contributed by atoms with E-state index in [0.29, 0.717) is 5.56 Å². The van der Waals surface area contributed by atoms with Gasteiger partial charge < -0.3 is 10.1 Å². The van der Waals surface area contributed by atoms with Crippen molar-refractivity contribution in [2.45, 2.75) is 23.5 Å². The zero-order chi connectivity index (χ0) is 24.9. The monoisotopic (exact) mass is 512 g/mol. The number of carbonyl (C=O) groups excluding carboxylic acids is 1. The number of nitrogens with one attached hydrogen (secondary N) is 2. The first-order valence-corrected chi connectivity index (χ1v) is 11.7. The van der Waals surface area contributed by atoms with Gasteiger partial charge in [0.05, 0.1) is 22.6 Å². The summed E-state index contributed by atoms with van der Waals surface area (Å²) < 4.78 is 72.4. The molecule has 2 N–H and O–H groups in total. The summed E-state index contributed by atoms with van der Waals surface area (Å²) in [6, 6.07) is 15.1. The molecule has 0 bridgehead atoms. The van der Waals surface area contributed by atoms with Gasteiger partial charge in [-0.3, -0.25) is 4.79 Å². The van der Waals surface area contributed by atoms with Crippen molar-refractivity contribution < 1.29 is 31.1 Å². The van der Waals surface area contributed by atoms with Crippen LogP contribution in [0.5, 0.6) is 5.75 Å². The van der Waals surface area contributed by atoms with Crippen molar-refractivity contribution in [2.75, 3.05) is 12.4 Å². The van der Waals surface area contributed by atoms with E-state index in [9.17, 15) is 26.4 Å². The molecule has 3 aromatic carbocycles. The van der Waals surface area contributed by atoms with Crippen LogP contribution < -0.4 is 14.8 Å². The van der Waals surface area contributed by atoms with Crippen LogP contribution in [0.1, 0.15) is 11.1 Å². The van der Waals surface area contributed by atoms with E-state index in [1.54, 1.807) is 30.3 Å². The lowest BCUT2D eigenvalue weighted by molar-refractivity contribution is -0.137. The van der Waals surface area contributed by atoms with Gasteiger partial charge in [0.2, 0.25) is 15.9 Å². The second-order valence-electron chi connectivity index (χ2n) is 7.23. The standard InChI is InChI=1S/C23H20ClF3N2O4S/c1-33-21-11-10-18(14-19(21)24)34(31,32)29-20(12-15-6-3-2-4-7-15)22(30)28-17-9-5-8-16(13-17)23(25,26)27/h2-11,13-14,20,29H,12H2,1H3,(H,28,30)/t20-/m1/s1. The van der Waals surface area contributed by atoms with Crippen LogP contribution in [0.3, 0.4) is 0 Å². The van der Waals surface area contributed by atoms with Crippen molar-refractivity contribution in [3.8, 4) is 5.75 Å². The van der Waals surface area contributed by atoms with E-state index in [0.717, 1.165) is 18.2 Å². The minimum Gasteiger partial charge on any atom is -0.495 e. The maximum atomic E-state index is 13.0. The number of ether oxygens (including phenoxy) is 1. The molecule has 0 aromatic heterocycles. The van der Waals surface area contributed by atoms with Crippen molar-refractivity contribution in [2.24, 2.45) is 0 Å². The van der Waals surface area contributed by atoms with Crippen molar-refractivity contribution in [3.63, 3.8) is 0 Å². The van der Waals surface area contributed by atoms with Crippen LogP contribution >= 0.6 is 11.6 Å². The van der Waals surface area contributed by atoms with Gasteiger partial charge in [0.15, 0.2) is 0 Å². The van der Waals surface area contributed by atoms with Crippen LogP contribution in [-0.2, 0) is 27.4 Å². The number of carbonyl (C=O) groups is 1.